The molecule has 0 radical (unpaired) electrons. The van der Waals surface area contributed by atoms with Crippen LogP contribution in [0, 0.1) is 0 Å². The largest absolute Gasteiger partial charge is 0.496 e. The number of hydrogen-bond donors (Lipinski definition) is 2. The fraction of sp³-hybridized carbons (Fsp3) is 0.455. The molecule has 1 aromatic rings. The topological polar surface area (TPSA) is 41.5 Å². The Morgan fingerprint density at radius 3 is 2.80 bits per heavy atom. The number of aliphatic hydroxyl groups is 1. The van der Waals surface area contributed by atoms with E-state index < -0.39 is 5.60 Å². The number of methoxy groups -OCH3 is 1. The molecular formula is C11H14BrNO2. The van der Waals surface area contributed by atoms with Crippen LogP contribution in [0.3, 0.4) is 0 Å². The van der Waals surface area contributed by atoms with Crippen LogP contribution in [0.4, 0.5) is 0 Å². The molecule has 0 unspecified atom stereocenters. The van der Waals surface area contributed by atoms with Gasteiger partial charge < -0.3 is 15.2 Å². The molecule has 82 valence electrons. The second kappa shape index (κ2) is 4.12. The number of nitrogens with one attached hydrogen (secondary N) is 1. The van der Waals surface area contributed by atoms with Crippen LogP contribution in [0.2, 0.25) is 0 Å². The predicted octanol–water partition coefficient (Wildman–Crippen LogP) is 1.33. The maximum atomic E-state index is 10.1. The fourth-order valence-corrected chi connectivity index (χ4v) is 2.26. The van der Waals surface area contributed by atoms with E-state index in [1.54, 1.807) is 7.11 Å². The van der Waals surface area contributed by atoms with Gasteiger partial charge in [-0.1, -0.05) is 22.0 Å². The lowest BCUT2D eigenvalue weighted by Crippen LogP contribution is -2.60. The van der Waals surface area contributed by atoms with E-state index in [1.807, 2.05) is 18.2 Å². The van der Waals surface area contributed by atoms with Crippen LogP contribution in [0.15, 0.2) is 22.7 Å². The molecule has 2 rings (SSSR count). The third-order valence-electron chi connectivity index (χ3n) is 2.71. The summed E-state index contributed by atoms with van der Waals surface area (Å²) in [7, 11) is 1.65. The van der Waals surface area contributed by atoms with E-state index in [4.69, 9.17) is 4.74 Å². The van der Waals surface area contributed by atoms with E-state index in [9.17, 15) is 5.11 Å². The van der Waals surface area contributed by atoms with Crippen LogP contribution in [-0.4, -0.2) is 30.9 Å². The lowest BCUT2D eigenvalue weighted by atomic mass is 9.89. The molecule has 1 heterocycles. The molecular weight excluding hydrogens is 258 g/mol. The van der Waals surface area contributed by atoms with Gasteiger partial charge >= 0.3 is 0 Å². The van der Waals surface area contributed by atoms with Gasteiger partial charge in [0.2, 0.25) is 0 Å². The molecule has 0 amide bonds. The highest BCUT2D eigenvalue weighted by atomic mass is 79.9. The molecule has 2 N–H and O–H groups in total. The molecule has 4 heteroatoms. The van der Waals surface area contributed by atoms with Crippen LogP contribution in [0.5, 0.6) is 5.75 Å². The Kier molecular flexibility index (Phi) is 3.00. The molecule has 3 nitrogen and oxygen atoms in total. The van der Waals surface area contributed by atoms with E-state index in [0.29, 0.717) is 19.5 Å². The zero-order valence-electron chi connectivity index (χ0n) is 8.59. The highest BCUT2D eigenvalue weighted by molar-refractivity contribution is 9.10. The van der Waals surface area contributed by atoms with Crippen LogP contribution < -0.4 is 10.1 Å². The van der Waals surface area contributed by atoms with Crippen molar-refractivity contribution in [3.63, 3.8) is 0 Å². The summed E-state index contributed by atoms with van der Waals surface area (Å²) in [4.78, 5) is 0. The Labute approximate surface area is 97.6 Å². The van der Waals surface area contributed by atoms with Crippen molar-refractivity contribution < 1.29 is 9.84 Å². The van der Waals surface area contributed by atoms with E-state index in [1.165, 1.54) is 0 Å². The van der Waals surface area contributed by atoms with Crippen molar-refractivity contribution >= 4 is 15.9 Å². The quantitative estimate of drug-likeness (QED) is 0.872. The monoisotopic (exact) mass is 271 g/mol. The molecule has 0 spiro atoms. The maximum Gasteiger partial charge on any atom is 0.123 e. The zero-order valence-corrected chi connectivity index (χ0v) is 10.2. The third kappa shape index (κ3) is 2.17. The first kappa shape index (κ1) is 10.9. The first-order chi connectivity index (χ1) is 7.14. The molecule has 0 saturated carbocycles. The van der Waals surface area contributed by atoms with Crippen LogP contribution in [0.1, 0.15) is 5.56 Å². The number of halogens is 1. The van der Waals surface area contributed by atoms with E-state index in [-0.39, 0.29) is 0 Å². The number of benzene rings is 1. The first-order valence-electron chi connectivity index (χ1n) is 4.89. The number of β-amino-alcohol motifs (C(OH)–C–C–N with tert-alkyl or cyclic N) is 1. The van der Waals surface area contributed by atoms with Gasteiger partial charge in [0, 0.05) is 29.5 Å². The van der Waals surface area contributed by atoms with Gasteiger partial charge in [-0.25, -0.2) is 0 Å². The maximum absolute atomic E-state index is 10.1. The summed E-state index contributed by atoms with van der Waals surface area (Å²) in [5, 5.41) is 13.1. The summed E-state index contributed by atoms with van der Waals surface area (Å²) >= 11 is 3.48. The van der Waals surface area contributed by atoms with Gasteiger partial charge in [0.1, 0.15) is 5.75 Å². The van der Waals surface area contributed by atoms with Crippen molar-refractivity contribution in [3.05, 3.63) is 28.2 Å². The fourth-order valence-electron chi connectivity index (χ4n) is 1.77. The Balaban J connectivity index is 2.26. The molecule has 15 heavy (non-hydrogen) atoms. The average Bonchev–Trinajstić information content (AvgIpc) is 2.18. The number of ether oxygens (including phenoxy) is 1. The second-order valence-corrected chi connectivity index (χ2v) is 4.78. The van der Waals surface area contributed by atoms with Crippen molar-refractivity contribution in [1.82, 2.24) is 5.32 Å². The van der Waals surface area contributed by atoms with E-state index in [0.717, 1.165) is 15.8 Å². The highest BCUT2D eigenvalue weighted by Crippen LogP contribution is 2.31. The van der Waals surface area contributed by atoms with Gasteiger partial charge in [-0.15, -0.1) is 0 Å². The van der Waals surface area contributed by atoms with Gasteiger partial charge in [-0.05, 0) is 12.1 Å². The van der Waals surface area contributed by atoms with Crippen LogP contribution >= 0.6 is 15.9 Å². The van der Waals surface area contributed by atoms with Gasteiger partial charge in [-0.3, -0.25) is 0 Å². The van der Waals surface area contributed by atoms with Gasteiger partial charge in [0.15, 0.2) is 0 Å². The zero-order chi connectivity index (χ0) is 10.9. The molecule has 0 aliphatic carbocycles. The van der Waals surface area contributed by atoms with Crippen molar-refractivity contribution in [2.75, 3.05) is 20.2 Å². The molecule has 0 bridgehead atoms. The van der Waals surface area contributed by atoms with Gasteiger partial charge in [0.25, 0.3) is 0 Å². The molecule has 1 aliphatic rings. The van der Waals surface area contributed by atoms with Crippen molar-refractivity contribution in [1.29, 1.82) is 0 Å². The Bertz CT molecular complexity index is 364. The predicted molar refractivity (Wildman–Crippen MR) is 62.2 cm³/mol. The summed E-state index contributed by atoms with van der Waals surface area (Å²) in [6, 6.07) is 5.80. The molecule has 1 aliphatic heterocycles. The number of rotatable bonds is 3. The lowest BCUT2D eigenvalue weighted by Gasteiger charge is -2.38. The van der Waals surface area contributed by atoms with Gasteiger partial charge in [0.05, 0.1) is 12.7 Å². The summed E-state index contributed by atoms with van der Waals surface area (Å²) < 4.78 is 6.27. The van der Waals surface area contributed by atoms with E-state index in [2.05, 4.69) is 21.2 Å². The number of hydrogen-bond acceptors (Lipinski definition) is 3. The lowest BCUT2D eigenvalue weighted by molar-refractivity contribution is -0.00957. The smallest absolute Gasteiger partial charge is 0.123 e. The summed E-state index contributed by atoms with van der Waals surface area (Å²) in [6.45, 7) is 1.30. The Hall–Kier alpha value is -0.580. The Morgan fingerprint density at radius 1 is 1.53 bits per heavy atom. The Morgan fingerprint density at radius 2 is 2.27 bits per heavy atom. The summed E-state index contributed by atoms with van der Waals surface area (Å²) in [5.74, 6) is 0.824. The summed E-state index contributed by atoms with van der Waals surface area (Å²) in [5.41, 5.74) is 0.418. The second-order valence-electron chi connectivity index (χ2n) is 3.93. The average molecular weight is 272 g/mol. The molecule has 1 fully saturated rings. The standard InChI is InChI=1S/C11H14BrNO2/c1-15-10-4-2-3-9(12)8(10)5-11(14)6-13-7-11/h2-4,13-14H,5-7H2,1H3. The molecule has 1 aromatic carbocycles. The van der Waals surface area contributed by atoms with Crippen molar-refractivity contribution in [2.24, 2.45) is 0 Å². The SMILES string of the molecule is COc1cccc(Br)c1CC1(O)CNC1. The molecule has 0 atom stereocenters. The van der Waals surface area contributed by atoms with Crippen LogP contribution in [0.25, 0.3) is 0 Å². The van der Waals surface area contributed by atoms with Crippen molar-refractivity contribution in [3.8, 4) is 5.75 Å². The normalized spacial score (nSPS) is 18.3. The molecule has 0 aromatic heterocycles. The van der Waals surface area contributed by atoms with Gasteiger partial charge in [-0.2, -0.15) is 0 Å². The van der Waals surface area contributed by atoms with Crippen LogP contribution in [-0.2, 0) is 6.42 Å². The van der Waals surface area contributed by atoms with Crippen molar-refractivity contribution in [2.45, 2.75) is 12.0 Å². The minimum absolute atomic E-state index is 0.614. The minimum Gasteiger partial charge on any atom is -0.496 e. The summed E-state index contributed by atoms with van der Waals surface area (Å²) in [6.07, 6.45) is 0.616. The molecule has 1 saturated heterocycles. The van der Waals surface area contributed by atoms with E-state index >= 15 is 0 Å². The third-order valence-corrected chi connectivity index (χ3v) is 3.45. The highest BCUT2D eigenvalue weighted by Gasteiger charge is 2.35. The minimum atomic E-state index is -0.614. The first-order valence-corrected chi connectivity index (χ1v) is 5.68.